The normalized spacial score (nSPS) is 11.2. The van der Waals surface area contributed by atoms with Crippen LogP contribution in [-0.2, 0) is 6.42 Å². The van der Waals surface area contributed by atoms with Gasteiger partial charge in [-0.15, -0.1) is 22.7 Å². The van der Waals surface area contributed by atoms with Crippen molar-refractivity contribution in [3.05, 3.63) is 37.5 Å². The maximum absolute atomic E-state index is 12.1. The van der Waals surface area contributed by atoms with E-state index in [2.05, 4.69) is 16.9 Å². The summed E-state index contributed by atoms with van der Waals surface area (Å²) in [5.74, 6) is 0. The summed E-state index contributed by atoms with van der Waals surface area (Å²) >= 11 is 8.28. The van der Waals surface area contributed by atoms with Gasteiger partial charge in [-0.25, -0.2) is 0 Å². The molecule has 0 bridgehead atoms. The summed E-state index contributed by atoms with van der Waals surface area (Å²) in [6.45, 7) is 2.10. The van der Waals surface area contributed by atoms with Crippen LogP contribution in [0.3, 0.4) is 0 Å². The third-order valence-electron chi connectivity index (χ3n) is 2.75. The standard InChI is InChI=1S/C12H10N2OS3/c1-2-6-8(7-4-3-5-17-7)9-10(15)13-12(16)14-11(9)18-6/h3-5H,2H2,1H3,(H2,13,14,15,16). The first-order valence-electron chi connectivity index (χ1n) is 5.52. The van der Waals surface area contributed by atoms with Crippen LogP contribution in [0.4, 0.5) is 0 Å². The van der Waals surface area contributed by atoms with Gasteiger partial charge in [0.1, 0.15) is 4.83 Å². The monoisotopic (exact) mass is 294 g/mol. The van der Waals surface area contributed by atoms with Crippen LogP contribution in [0, 0.1) is 4.77 Å². The molecule has 3 aromatic rings. The minimum absolute atomic E-state index is 0.104. The van der Waals surface area contributed by atoms with Crippen LogP contribution in [0.2, 0.25) is 0 Å². The predicted octanol–water partition coefficient (Wildman–Crippen LogP) is 3.94. The molecule has 0 aliphatic rings. The molecule has 6 heteroatoms. The molecule has 0 spiro atoms. The molecule has 0 fully saturated rings. The molecular weight excluding hydrogens is 284 g/mol. The summed E-state index contributed by atoms with van der Waals surface area (Å²) in [4.78, 5) is 21.1. The maximum atomic E-state index is 12.1. The fourth-order valence-corrected chi connectivity index (χ4v) is 4.30. The van der Waals surface area contributed by atoms with Gasteiger partial charge >= 0.3 is 0 Å². The van der Waals surface area contributed by atoms with Crippen molar-refractivity contribution < 1.29 is 0 Å². The molecule has 0 unspecified atom stereocenters. The molecule has 0 aliphatic carbocycles. The molecule has 3 heterocycles. The Kier molecular flexibility index (Phi) is 2.93. The molecule has 0 aliphatic heterocycles. The Morgan fingerprint density at radius 3 is 2.89 bits per heavy atom. The molecule has 0 aromatic carbocycles. The fourth-order valence-electron chi connectivity index (χ4n) is 2.01. The number of aryl methyl sites for hydroxylation is 1. The van der Waals surface area contributed by atoms with E-state index in [1.54, 1.807) is 22.7 Å². The lowest BCUT2D eigenvalue weighted by molar-refractivity contribution is 1.15. The highest BCUT2D eigenvalue weighted by Gasteiger charge is 2.16. The first-order valence-corrected chi connectivity index (χ1v) is 7.63. The highest BCUT2D eigenvalue weighted by atomic mass is 32.1. The Labute approximate surface area is 116 Å². The van der Waals surface area contributed by atoms with Crippen LogP contribution in [-0.4, -0.2) is 9.97 Å². The van der Waals surface area contributed by atoms with Gasteiger partial charge in [-0.2, -0.15) is 0 Å². The Balaban J connectivity index is 2.49. The fraction of sp³-hybridized carbons (Fsp3) is 0.167. The topological polar surface area (TPSA) is 48.6 Å². The lowest BCUT2D eigenvalue weighted by Crippen LogP contribution is -2.06. The Morgan fingerprint density at radius 1 is 1.39 bits per heavy atom. The number of thiophene rings is 2. The lowest BCUT2D eigenvalue weighted by Gasteiger charge is -1.98. The molecule has 0 amide bonds. The van der Waals surface area contributed by atoms with E-state index in [0.29, 0.717) is 4.77 Å². The minimum atomic E-state index is -0.104. The van der Waals surface area contributed by atoms with E-state index in [9.17, 15) is 4.79 Å². The van der Waals surface area contributed by atoms with Crippen molar-refractivity contribution in [3.63, 3.8) is 0 Å². The summed E-state index contributed by atoms with van der Waals surface area (Å²) in [5, 5.41) is 2.75. The van der Waals surface area contributed by atoms with Crippen molar-refractivity contribution in [2.45, 2.75) is 13.3 Å². The summed E-state index contributed by atoms with van der Waals surface area (Å²) in [7, 11) is 0. The molecule has 0 saturated heterocycles. The molecule has 92 valence electrons. The van der Waals surface area contributed by atoms with Crippen LogP contribution < -0.4 is 5.56 Å². The van der Waals surface area contributed by atoms with Crippen LogP contribution >= 0.6 is 34.9 Å². The van der Waals surface area contributed by atoms with Gasteiger partial charge in [0.15, 0.2) is 4.77 Å². The summed E-state index contributed by atoms with van der Waals surface area (Å²) in [6, 6.07) is 4.05. The SMILES string of the molecule is CCc1sc2[nH]c(=S)[nH]c(=O)c2c1-c1cccs1. The molecule has 0 radical (unpaired) electrons. The number of aromatic nitrogens is 2. The third-order valence-corrected chi connectivity index (χ3v) is 5.09. The average molecular weight is 294 g/mol. The first kappa shape index (κ1) is 11.8. The minimum Gasteiger partial charge on any atom is -0.323 e. The highest BCUT2D eigenvalue weighted by Crippen LogP contribution is 2.38. The van der Waals surface area contributed by atoms with Gasteiger partial charge < -0.3 is 4.98 Å². The van der Waals surface area contributed by atoms with E-state index in [1.807, 2.05) is 17.5 Å². The van der Waals surface area contributed by atoms with Crippen LogP contribution in [0.25, 0.3) is 20.7 Å². The molecule has 3 aromatic heterocycles. The quantitative estimate of drug-likeness (QED) is 0.703. The van der Waals surface area contributed by atoms with E-state index >= 15 is 0 Å². The third kappa shape index (κ3) is 1.77. The lowest BCUT2D eigenvalue weighted by atomic mass is 10.1. The number of hydrogen-bond acceptors (Lipinski definition) is 4. The second kappa shape index (κ2) is 4.46. The van der Waals surface area contributed by atoms with Crippen molar-refractivity contribution in [1.82, 2.24) is 9.97 Å². The van der Waals surface area contributed by atoms with Crippen molar-refractivity contribution in [2.24, 2.45) is 0 Å². The van der Waals surface area contributed by atoms with Crippen molar-refractivity contribution in [3.8, 4) is 10.4 Å². The van der Waals surface area contributed by atoms with Crippen molar-refractivity contribution in [1.29, 1.82) is 0 Å². The maximum Gasteiger partial charge on any atom is 0.261 e. The molecule has 0 saturated carbocycles. The van der Waals surface area contributed by atoms with Crippen LogP contribution in [0.15, 0.2) is 22.3 Å². The zero-order valence-electron chi connectivity index (χ0n) is 9.57. The van der Waals surface area contributed by atoms with Crippen LogP contribution in [0.1, 0.15) is 11.8 Å². The molecule has 2 N–H and O–H groups in total. The van der Waals surface area contributed by atoms with Crippen molar-refractivity contribution in [2.75, 3.05) is 0 Å². The highest BCUT2D eigenvalue weighted by molar-refractivity contribution is 7.71. The van der Waals surface area contributed by atoms with E-state index in [-0.39, 0.29) is 5.56 Å². The molecule has 3 rings (SSSR count). The van der Waals surface area contributed by atoms with E-state index in [4.69, 9.17) is 12.2 Å². The molecular formula is C12H10N2OS3. The molecule has 18 heavy (non-hydrogen) atoms. The molecule has 3 nitrogen and oxygen atoms in total. The van der Waals surface area contributed by atoms with Gasteiger partial charge in [0.05, 0.1) is 5.39 Å². The summed E-state index contributed by atoms with van der Waals surface area (Å²) < 4.78 is 0.383. The van der Waals surface area contributed by atoms with E-state index in [0.717, 1.165) is 27.1 Å². The van der Waals surface area contributed by atoms with Gasteiger partial charge in [-0.05, 0) is 30.1 Å². The Bertz CT molecular complexity index is 808. The number of H-pyrrole nitrogens is 2. The zero-order valence-corrected chi connectivity index (χ0v) is 12.0. The Hall–Kier alpha value is -1.24. The second-order valence-electron chi connectivity index (χ2n) is 3.84. The van der Waals surface area contributed by atoms with Gasteiger partial charge in [-0.3, -0.25) is 9.78 Å². The molecule has 0 atom stereocenters. The zero-order chi connectivity index (χ0) is 12.7. The van der Waals surface area contributed by atoms with Crippen LogP contribution in [0.5, 0.6) is 0 Å². The summed E-state index contributed by atoms with van der Waals surface area (Å²) in [5.41, 5.74) is 0.952. The number of rotatable bonds is 2. The second-order valence-corrected chi connectivity index (χ2v) is 6.30. The van der Waals surface area contributed by atoms with Gasteiger partial charge in [0, 0.05) is 15.3 Å². The summed E-state index contributed by atoms with van der Waals surface area (Å²) in [6.07, 6.45) is 0.909. The first-order chi connectivity index (χ1) is 8.70. The number of fused-ring (bicyclic) bond motifs is 1. The van der Waals surface area contributed by atoms with E-state index < -0.39 is 0 Å². The largest absolute Gasteiger partial charge is 0.323 e. The number of nitrogens with one attached hydrogen (secondary N) is 2. The Morgan fingerprint density at radius 2 is 2.22 bits per heavy atom. The van der Waals surface area contributed by atoms with Gasteiger partial charge in [0.25, 0.3) is 5.56 Å². The van der Waals surface area contributed by atoms with Gasteiger partial charge in [0.2, 0.25) is 0 Å². The van der Waals surface area contributed by atoms with Crippen molar-refractivity contribution >= 4 is 45.1 Å². The van der Waals surface area contributed by atoms with E-state index in [1.165, 1.54) is 4.88 Å². The number of hydrogen-bond donors (Lipinski definition) is 2. The predicted molar refractivity (Wildman–Crippen MR) is 80.3 cm³/mol. The van der Waals surface area contributed by atoms with Gasteiger partial charge in [-0.1, -0.05) is 13.0 Å². The average Bonchev–Trinajstić information content (AvgIpc) is 2.93. The number of aromatic amines is 2. The smallest absolute Gasteiger partial charge is 0.261 e.